The number of halogens is 2. The van der Waals surface area contributed by atoms with Crippen LogP contribution >= 0.6 is 15.9 Å². The largest absolute Gasteiger partial charge is 0.487 e. The number of ether oxygens (including phenoxy) is 1. The van der Waals surface area contributed by atoms with Crippen molar-refractivity contribution >= 4 is 15.9 Å². The van der Waals surface area contributed by atoms with Crippen molar-refractivity contribution in [1.82, 2.24) is 4.57 Å². The summed E-state index contributed by atoms with van der Waals surface area (Å²) in [5.41, 5.74) is 2.70. The number of hydrogen-bond donors (Lipinski definition) is 0. The smallest absolute Gasteiger partial charge is 0.268 e. The van der Waals surface area contributed by atoms with Gasteiger partial charge in [-0.15, -0.1) is 0 Å². The highest BCUT2D eigenvalue weighted by Crippen LogP contribution is 2.22. The molecule has 0 aliphatic rings. The van der Waals surface area contributed by atoms with Gasteiger partial charge in [0.15, 0.2) is 0 Å². The van der Waals surface area contributed by atoms with Crippen LogP contribution in [0.25, 0.3) is 0 Å². The van der Waals surface area contributed by atoms with E-state index >= 15 is 0 Å². The Labute approximate surface area is 153 Å². The van der Waals surface area contributed by atoms with Gasteiger partial charge in [0.2, 0.25) is 0 Å². The van der Waals surface area contributed by atoms with E-state index in [1.165, 1.54) is 16.7 Å². The molecule has 0 bridgehead atoms. The fourth-order valence-electron chi connectivity index (χ4n) is 2.56. The molecule has 128 valence electrons. The summed E-state index contributed by atoms with van der Waals surface area (Å²) < 4.78 is 20.9. The summed E-state index contributed by atoms with van der Waals surface area (Å²) in [6, 6.07) is 16.0. The van der Waals surface area contributed by atoms with Crippen LogP contribution in [0.3, 0.4) is 0 Å². The summed E-state index contributed by atoms with van der Waals surface area (Å²) in [4.78, 5) is 12.5. The van der Waals surface area contributed by atoms with Gasteiger partial charge in [-0.25, -0.2) is 4.39 Å². The molecule has 0 atom stereocenters. The average molecular weight is 402 g/mol. The fraction of sp³-hybridized carbons (Fsp3) is 0.150. The van der Waals surface area contributed by atoms with Crippen LogP contribution in [-0.2, 0) is 13.2 Å². The fourth-order valence-corrected chi connectivity index (χ4v) is 3.04. The molecule has 0 fully saturated rings. The first kappa shape index (κ1) is 17.4. The zero-order valence-corrected chi connectivity index (χ0v) is 15.3. The molecule has 3 rings (SSSR count). The van der Waals surface area contributed by atoms with Gasteiger partial charge < -0.3 is 9.30 Å². The second-order valence-electron chi connectivity index (χ2n) is 5.83. The van der Waals surface area contributed by atoms with E-state index in [1.807, 2.05) is 31.2 Å². The normalized spacial score (nSPS) is 10.7. The van der Waals surface area contributed by atoms with Crippen molar-refractivity contribution in [2.45, 2.75) is 20.1 Å². The van der Waals surface area contributed by atoms with E-state index in [0.717, 1.165) is 16.7 Å². The predicted molar refractivity (Wildman–Crippen MR) is 99.4 cm³/mol. The van der Waals surface area contributed by atoms with Gasteiger partial charge in [-0.2, -0.15) is 0 Å². The topological polar surface area (TPSA) is 31.2 Å². The van der Waals surface area contributed by atoms with Crippen molar-refractivity contribution in [3.63, 3.8) is 0 Å². The summed E-state index contributed by atoms with van der Waals surface area (Å²) in [6.45, 7) is 2.70. The van der Waals surface area contributed by atoms with Crippen LogP contribution in [0.2, 0.25) is 0 Å². The molecule has 3 nitrogen and oxygen atoms in total. The van der Waals surface area contributed by atoms with Crippen LogP contribution < -0.4 is 10.3 Å². The second kappa shape index (κ2) is 7.66. The number of aromatic nitrogens is 1. The van der Waals surface area contributed by atoms with E-state index < -0.39 is 0 Å². The van der Waals surface area contributed by atoms with Crippen LogP contribution in [0, 0.1) is 12.7 Å². The molecule has 1 aromatic heterocycles. The Morgan fingerprint density at radius 2 is 1.84 bits per heavy atom. The molecule has 5 heteroatoms. The molecule has 0 amide bonds. The van der Waals surface area contributed by atoms with Gasteiger partial charge in [-0.05, 0) is 52.2 Å². The third-order valence-electron chi connectivity index (χ3n) is 3.79. The minimum absolute atomic E-state index is 0.217. The quantitative estimate of drug-likeness (QED) is 0.620. The highest BCUT2D eigenvalue weighted by Gasteiger charge is 2.10. The van der Waals surface area contributed by atoms with Crippen molar-refractivity contribution in [3.8, 4) is 5.75 Å². The van der Waals surface area contributed by atoms with Gasteiger partial charge in [-0.3, -0.25) is 4.79 Å². The van der Waals surface area contributed by atoms with Crippen molar-refractivity contribution in [2.75, 3.05) is 0 Å². The standard InChI is InChI=1S/C20H17BrFNO2/c1-14-4-2-6-16(10-14)13-25-18-8-9-23(20(24)19(18)21)12-15-5-3-7-17(22)11-15/h2-11H,12-13H2,1H3. The Kier molecular flexibility index (Phi) is 5.34. The Morgan fingerprint density at radius 1 is 1.08 bits per heavy atom. The van der Waals surface area contributed by atoms with E-state index in [1.54, 1.807) is 24.4 Å². The molecular formula is C20H17BrFNO2. The molecular weight excluding hydrogens is 385 g/mol. The first-order valence-corrected chi connectivity index (χ1v) is 8.64. The minimum Gasteiger partial charge on any atom is -0.487 e. The number of pyridine rings is 1. The lowest BCUT2D eigenvalue weighted by Gasteiger charge is -2.11. The third kappa shape index (κ3) is 4.37. The zero-order valence-electron chi connectivity index (χ0n) is 13.7. The highest BCUT2D eigenvalue weighted by atomic mass is 79.9. The van der Waals surface area contributed by atoms with Gasteiger partial charge in [0.1, 0.15) is 22.6 Å². The minimum atomic E-state index is -0.317. The molecule has 25 heavy (non-hydrogen) atoms. The summed E-state index contributed by atoms with van der Waals surface area (Å²) >= 11 is 3.31. The van der Waals surface area contributed by atoms with Crippen LogP contribution in [0.5, 0.6) is 5.75 Å². The molecule has 0 saturated carbocycles. The van der Waals surface area contributed by atoms with Gasteiger partial charge in [0, 0.05) is 6.20 Å². The average Bonchev–Trinajstić information content (AvgIpc) is 2.58. The molecule has 0 N–H and O–H groups in total. The van der Waals surface area contributed by atoms with Crippen molar-refractivity contribution in [3.05, 3.63) is 98.1 Å². The summed E-state index contributed by atoms with van der Waals surface area (Å²) in [7, 11) is 0. The summed E-state index contributed by atoms with van der Waals surface area (Å²) in [5, 5.41) is 0. The maximum absolute atomic E-state index is 13.3. The van der Waals surface area contributed by atoms with Gasteiger partial charge in [-0.1, -0.05) is 42.0 Å². The monoisotopic (exact) mass is 401 g/mol. The molecule has 3 aromatic rings. The lowest BCUT2D eigenvalue weighted by molar-refractivity contribution is 0.302. The zero-order chi connectivity index (χ0) is 17.8. The number of hydrogen-bond acceptors (Lipinski definition) is 2. The Hall–Kier alpha value is -2.40. The second-order valence-corrected chi connectivity index (χ2v) is 6.63. The van der Waals surface area contributed by atoms with Crippen LogP contribution in [-0.4, -0.2) is 4.57 Å². The third-order valence-corrected chi connectivity index (χ3v) is 4.52. The Balaban J connectivity index is 1.77. The molecule has 0 aliphatic carbocycles. The number of rotatable bonds is 5. The molecule has 0 aliphatic heterocycles. The number of benzene rings is 2. The predicted octanol–water partition coefficient (Wildman–Crippen LogP) is 4.69. The van der Waals surface area contributed by atoms with Gasteiger partial charge in [0.05, 0.1) is 6.54 Å². The van der Waals surface area contributed by atoms with Gasteiger partial charge >= 0.3 is 0 Å². The SMILES string of the molecule is Cc1cccc(COc2ccn(Cc3cccc(F)c3)c(=O)c2Br)c1. The molecule has 0 saturated heterocycles. The summed E-state index contributed by atoms with van der Waals surface area (Å²) in [5.74, 6) is 0.171. The summed E-state index contributed by atoms with van der Waals surface area (Å²) in [6.07, 6.45) is 1.66. The van der Waals surface area contributed by atoms with Crippen LogP contribution in [0.15, 0.2) is 70.1 Å². The number of nitrogens with zero attached hydrogens (tertiary/aromatic N) is 1. The molecule has 1 heterocycles. The molecule has 0 spiro atoms. The lowest BCUT2D eigenvalue weighted by atomic mass is 10.1. The van der Waals surface area contributed by atoms with E-state index in [2.05, 4.69) is 15.9 Å². The molecule has 2 aromatic carbocycles. The van der Waals surface area contributed by atoms with E-state index in [-0.39, 0.29) is 11.4 Å². The van der Waals surface area contributed by atoms with Crippen molar-refractivity contribution in [1.29, 1.82) is 0 Å². The first-order chi connectivity index (χ1) is 12.0. The maximum Gasteiger partial charge on any atom is 0.268 e. The maximum atomic E-state index is 13.3. The van der Waals surface area contributed by atoms with E-state index in [0.29, 0.717) is 23.4 Å². The van der Waals surface area contributed by atoms with Gasteiger partial charge in [0.25, 0.3) is 5.56 Å². The highest BCUT2D eigenvalue weighted by molar-refractivity contribution is 9.10. The van der Waals surface area contributed by atoms with Crippen molar-refractivity contribution in [2.24, 2.45) is 0 Å². The molecule has 0 unspecified atom stereocenters. The molecule has 0 radical (unpaired) electrons. The Bertz CT molecular complexity index is 952. The van der Waals surface area contributed by atoms with Crippen LogP contribution in [0.1, 0.15) is 16.7 Å². The first-order valence-electron chi connectivity index (χ1n) is 7.84. The van der Waals surface area contributed by atoms with Crippen molar-refractivity contribution < 1.29 is 9.13 Å². The lowest BCUT2D eigenvalue weighted by Crippen LogP contribution is -2.21. The number of aryl methyl sites for hydroxylation is 1. The van der Waals surface area contributed by atoms with E-state index in [9.17, 15) is 9.18 Å². The van der Waals surface area contributed by atoms with Crippen LogP contribution in [0.4, 0.5) is 4.39 Å². The van der Waals surface area contributed by atoms with E-state index in [4.69, 9.17) is 4.74 Å². The Morgan fingerprint density at radius 3 is 2.60 bits per heavy atom.